The van der Waals surface area contributed by atoms with Crippen molar-refractivity contribution in [1.29, 1.82) is 0 Å². The maximum Gasteiger partial charge on any atom is 0.252 e. The molecular weight excluding hydrogens is 429 g/mol. The van der Waals surface area contributed by atoms with Crippen LogP contribution >= 0.6 is 0 Å². The normalized spacial score (nSPS) is 14.4. The topological polar surface area (TPSA) is 61.4 Å². The van der Waals surface area contributed by atoms with Crippen molar-refractivity contribution in [2.45, 2.75) is 6.54 Å². The van der Waals surface area contributed by atoms with Crippen molar-refractivity contribution in [1.82, 2.24) is 20.2 Å². The van der Waals surface area contributed by atoms with E-state index >= 15 is 0 Å². The minimum absolute atomic E-state index is 0.185. The molecule has 0 saturated carbocycles. The first-order valence-electron chi connectivity index (χ1n) is 11.4. The van der Waals surface area contributed by atoms with Gasteiger partial charge in [-0.3, -0.25) is 4.79 Å². The van der Waals surface area contributed by atoms with Gasteiger partial charge in [0.15, 0.2) is 0 Å². The van der Waals surface area contributed by atoms with Crippen molar-refractivity contribution >= 4 is 22.6 Å². The molecule has 2 aromatic carbocycles. The highest BCUT2D eigenvalue weighted by Crippen LogP contribution is 2.25. The molecule has 5 rings (SSSR count). The van der Waals surface area contributed by atoms with Crippen LogP contribution in [0.1, 0.15) is 15.9 Å². The van der Waals surface area contributed by atoms with E-state index in [2.05, 4.69) is 27.1 Å². The number of carbonyl (C=O) groups is 1. The number of aromatic nitrogens is 2. The Labute approximate surface area is 198 Å². The summed E-state index contributed by atoms with van der Waals surface area (Å²) in [7, 11) is 2.12. The van der Waals surface area contributed by atoms with E-state index in [1.54, 1.807) is 24.4 Å². The first-order chi connectivity index (χ1) is 16.6. The molecule has 1 aliphatic heterocycles. The fourth-order valence-corrected chi connectivity index (χ4v) is 4.27. The second-order valence-electron chi connectivity index (χ2n) is 8.54. The van der Waals surface area contributed by atoms with E-state index in [9.17, 15) is 9.18 Å². The van der Waals surface area contributed by atoms with E-state index in [1.165, 1.54) is 12.1 Å². The van der Waals surface area contributed by atoms with Gasteiger partial charge in [0.25, 0.3) is 5.91 Å². The SMILES string of the molecule is CN1CCN(c2ncccc2CNC(=O)c2cc(-c3ccc(F)cc3)nc3ccccc23)CC1. The van der Waals surface area contributed by atoms with E-state index in [0.29, 0.717) is 23.3 Å². The van der Waals surface area contributed by atoms with Gasteiger partial charge < -0.3 is 15.1 Å². The van der Waals surface area contributed by atoms with Crippen molar-refractivity contribution in [3.05, 3.63) is 89.9 Å². The number of pyridine rings is 2. The highest BCUT2D eigenvalue weighted by Gasteiger charge is 2.19. The molecule has 172 valence electrons. The lowest BCUT2D eigenvalue weighted by Gasteiger charge is -2.34. The summed E-state index contributed by atoms with van der Waals surface area (Å²) in [6.45, 7) is 4.15. The molecule has 1 fully saturated rings. The monoisotopic (exact) mass is 455 g/mol. The Balaban J connectivity index is 1.42. The van der Waals surface area contributed by atoms with Crippen molar-refractivity contribution < 1.29 is 9.18 Å². The molecule has 6 nitrogen and oxygen atoms in total. The van der Waals surface area contributed by atoms with Gasteiger partial charge in [0.1, 0.15) is 11.6 Å². The summed E-state index contributed by atoms with van der Waals surface area (Å²) in [5.74, 6) is 0.424. The van der Waals surface area contributed by atoms with Gasteiger partial charge in [0.2, 0.25) is 0 Å². The number of benzene rings is 2. The molecule has 1 N–H and O–H groups in total. The minimum atomic E-state index is -0.310. The summed E-state index contributed by atoms with van der Waals surface area (Å²) in [5, 5.41) is 3.85. The van der Waals surface area contributed by atoms with Crippen molar-refractivity contribution in [2.24, 2.45) is 0 Å². The number of para-hydroxylation sites is 1. The first kappa shape index (κ1) is 22.0. The maximum absolute atomic E-state index is 13.4. The van der Waals surface area contributed by atoms with Crippen LogP contribution in [0.15, 0.2) is 72.9 Å². The lowest BCUT2D eigenvalue weighted by Crippen LogP contribution is -2.45. The number of nitrogens with one attached hydrogen (secondary N) is 1. The number of hydrogen-bond acceptors (Lipinski definition) is 5. The summed E-state index contributed by atoms with van der Waals surface area (Å²) < 4.78 is 13.4. The van der Waals surface area contributed by atoms with Crippen LogP contribution in [-0.2, 0) is 6.54 Å². The molecule has 1 aliphatic rings. The molecule has 0 unspecified atom stereocenters. The van der Waals surface area contributed by atoms with Crippen molar-refractivity contribution in [2.75, 3.05) is 38.1 Å². The molecule has 0 bridgehead atoms. The molecule has 0 radical (unpaired) electrons. The van der Waals surface area contributed by atoms with Gasteiger partial charge in [0, 0.05) is 55.4 Å². The van der Waals surface area contributed by atoms with E-state index in [0.717, 1.165) is 48.5 Å². The zero-order chi connectivity index (χ0) is 23.5. The van der Waals surface area contributed by atoms with Crippen LogP contribution < -0.4 is 10.2 Å². The zero-order valence-corrected chi connectivity index (χ0v) is 19.0. The molecule has 4 aromatic rings. The standard InChI is InChI=1S/C27H26FN5O/c1-32-13-15-33(16-14-32)26-20(5-4-12-29-26)18-30-27(34)23-17-25(19-8-10-21(28)11-9-19)31-24-7-3-2-6-22(23)24/h2-12,17H,13-16,18H2,1H3,(H,30,34). The Hall–Kier alpha value is -3.84. The number of hydrogen-bond donors (Lipinski definition) is 1. The number of rotatable bonds is 5. The molecule has 2 aromatic heterocycles. The molecule has 0 spiro atoms. The van der Waals surface area contributed by atoms with Crippen LogP contribution in [0.4, 0.5) is 10.2 Å². The lowest BCUT2D eigenvalue weighted by molar-refractivity contribution is 0.0952. The van der Waals surface area contributed by atoms with Crippen LogP contribution in [0, 0.1) is 5.82 Å². The molecule has 0 atom stereocenters. The second kappa shape index (κ2) is 9.57. The van der Waals surface area contributed by atoms with Gasteiger partial charge in [-0.1, -0.05) is 24.3 Å². The van der Waals surface area contributed by atoms with E-state index < -0.39 is 0 Å². The average Bonchev–Trinajstić information content (AvgIpc) is 2.88. The fourth-order valence-electron chi connectivity index (χ4n) is 4.27. The number of halogens is 1. The number of amides is 1. The van der Waals surface area contributed by atoms with E-state index in [4.69, 9.17) is 4.98 Å². The van der Waals surface area contributed by atoms with E-state index in [1.807, 2.05) is 36.4 Å². The zero-order valence-electron chi connectivity index (χ0n) is 19.0. The van der Waals surface area contributed by atoms with Gasteiger partial charge >= 0.3 is 0 Å². The third kappa shape index (κ3) is 4.61. The minimum Gasteiger partial charge on any atom is -0.354 e. The summed E-state index contributed by atoms with van der Waals surface area (Å²) in [4.78, 5) is 27.2. The van der Waals surface area contributed by atoms with Gasteiger partial charge in [-0.05, 0) is 49.5 Å². The molecule has 3 heterocycles. The van der Waals surface area contributed by atoms with Gasteiger partial charge in [-0.2, -0.15) is 0 Å². The Bertz CT molecular complexity index is 1320. The summed E-state index contributed by atoms with van der Waals surface area (Å²) >= 11 is 0. The van der Waals surface area contributed by atoms with Gasteiger partial charge in [-0.25, -0.2) is 14.4 Å². The molecule has 1 saturated heterocycles. The number of nitrogens with zero attached hydrogens (tertiary/aromatic N) is 4. The third-order valence-corrected chi connectivity index (χ3v) is 6.21. The number of piperazine rings is 1. The maximum atomic E-state index is 13.4. The highest BCUT2D eigenvalue weighted by atomic mass is 19.1. The summed E-state index contributed by atoms with van der Waals surface area (Å²) in [5.41, 5.74) is 3.62. The highest BCUT2D eigenvalue weighted by molar-refractivity contribution is 6.07. The largest absolute Gasteiger partial charge is 0.354 e. The second-order valence-corrected chi connectivity index (χ2v) is 8.54. The predicted octanol–water partition coefficient (Wildman–Crippen LogP) is 4.12. The molecule has 34 heavy (non-hydrogen) atoms. The van der Waals surface area contributed by atoms with Crippen LogP contribution in [0.5, 0.6) is 0 Å². The smallest absolute Gasteiger partial charge is 0.252 e. The Morgan fingerprint density at radius 1 is 1.00 bits per heavy atom. The fraction of sp³-hybridized carbons (Fsp3) is 0.222. The molecular formula is C27H26FN5O. The Kier molecular flexibility index (Phi) is 6.18. The van der Waals surface area contributed by atoms with Crippen molar-refractivity contribution in [3.8, 4) is 11.3 Å². The van der Waals surface area contributed by atoms with Gasteiger partial charge in [0.05, 0.1) is 16.8 Å². The molecule has 0 aliphatic carbocycles. The quantitative estimate of drug-likeness (QED) is 0.491. The van der Waals surface area contributed by atoms with Crippen LogP contribution in [-0.4, -0.2) is 54.0 Å². The van der Waals surface area contributed by atoms with Crippen LogP contribution in [0.25, 0.3) is 22.2 Å². The van der Waals surface area contributed by atoms with E-state index in [-0.39, 0.29) is 11.7 Å². The number of likely N-dealkylation sites (N-methyl/N-ethyl adjacent to an activating group) is 1. The summed E-state index contributed by atoms with van der Waals surface area (Å²) in [6.07, 6.45) is 1.80. The molecule has 7 heteroatoms. The predicted molar refractivity (Wildman–Crippen MR) is 132 cm³/mol. The first-order valence-corrected chi connectivity index (χ1v) is 11.4. The number of fused-ring (bicyclic) bond motifs is 1. The number of carbonyl (C=O) groups excluding carboxylic acids is 1. The van der Waals surface area contributed by atoms with Crippen molar-refractivity contribution in [3.63, 3.8) is 0 Å². The third-order valence-electron chi connectivity index (χ3n) is 6.21. The Morgan fingerprint density at radius 2 is 1.76 bits per heavy atom. The molecule has 1 amide bonds. The van der Waals surface area contributed by atoms with Crippen LogP contribution in [0.3, 0.4) is 0 Å². The Morgan fingerprint density at radius 3 is 2.56 bits per heavy atom. The number of anilines is 1. The lowest BCUT2D eigenvalue weighted by atomic mass is 10.0. The summed E-state index contributed by atoms with van der Waals surface area (Å²) in [6, 6.07) is 19.4. The van der Waals surface area contributed by atoms with Gasteiger partial charge in [-0.15, -0.1) is 0 Å². The van der Waals surface area contributed by atoms with Crippen LogP contribution in [0.2, 0.25) is 0 Å². The average molecular weight is 456 g/mol.